The monoisotopic (exact) mass is 240 g/mol. The largest absolute Gasteiger partial charge is 0.467 e. The lowest BCUT2D eigenvalue weighted by molar-refractivity contribution is -0.144. The van der Waals surface area contributed by atoms with Crippen LogP contribution in [0, 0.1) is 0 Å². The highest BCUT2D eigenvalue weighted by Gasteiger charge is 2.52. The van der Waals surface area contributed by atoms with Crippen LogP contribution in [0.4, 0.5) is 18.0 Å². The summed E-state index contributed by atoms with van der Waals surface area (Å²) in [5, 5.41) is 3.78. The normalized spacial score (nSPS) is 17.5. The molecule has 1 aliphatic carbocycles. The molecule has 0 spiro atoms. The molecule has 0 saturated heterocycles. The molecule has 0 aliphatic heterocycles. The number of carbonyl (C=O) groups is 2. The second-order valence-electron chi connectivity index (χ2n) is 3.50. The van der Waals surface area contributed by atoms with Gasteiger partial charge in [0.25, 0.3) is 0 Å². The number of carbonyl (C=O) groups excluding carboxylic acids is 2. The summed E-state index contributed by atoms with van der Waals surface area (Å²) >= 11 is 0. The maximum atomic E-state index is 11.8. The summed E-state index contributed by atoms with van der Waals surface area (Å²) < 4.78 is 39.7. The van der Waals surface area contributed by atoms with Gasteiger partial charge < -0.3 is 15.4 Å². The van der Waals surface area contributed by atoms with Crippen molar-refractivity contribution in [3.05, 3.63) is 0 Å². The van der Waals surface area contributed by atoms with Gasteiger partial charge in [-0.05, 0) is 12.8 Å². The van der Waals surface area contributed by atoms with Crippen LogP contribution in [0.1, 0.15) is 12.8 Å². The molecule has 0 heterocycles. The van der Waals surface area contributed by atoms with Crippen molar-refractivity contribution in [1.29, 1.82) is 0 Å². The van der Waals surface area contributed by atoms with Crippen LogP contribution in [-0.4, -0.2) is 37.4 Å². The topological polar surface area (TPSA) is 67.4 Å². The van der Waals surface area contributed by atoms with Crippen molar-refractivity contribution in [3.8, 4) is 0 Å². The summed E-state index contributed by atoms with van der Waals surface area (Å²) in [6, 6.07) is -1.03. The van der Waals surface area contributed by atoms with Crippen LogP contribution in [0.3, 0.4) is 0 Å². The predicted molar refractivity (Wildman–Crippen MR) is 46.6 cm³/mol. The molecule has 0 unspecified atom stereocenters. The Morgan fingerprint density at radius 3 is 2.31 bits per heavy atom. The van der Waals surface area contributed by atoms with Gasteiger partial charge >= 0.3 is 18.2 Å². The van der Waals surface area contributed by atoms with Gasteiger partial charge in [-0.3, -0.25) is 0 Å². The molecule has 8 heteroatoms. The number of methoxy groups -OCH3 is 1. The summed E-state index contributed by atoms with van der Waals surface area (Å²) in [6.07, 6.45) is -3.72. The van der Waals surface area contributed by atoms with Crippen LogP contribution in [0.15, 0.2) is 0 Å². The minimum atomic E-state index is -4.47. The van der Waals surface area contributed by atoms with Gasteiger partial charge in [0.1, 0.15) is 12.1 Å². The molecule has 1 rings (SSSR count). The van der Waals surface area contributed by atoms with Crippen LogP contribution in [0.5, 0.6) is 0 Å². The zero-order valence-corrected chi connectivity index (χ0v) is 8.48. The fourth-order valence-electron chi connectivity index (χ4n) is 1.14. The van der Waals surface area contributed by atoms with Crippen LogP contribution in [0.2, 0.25) is 0 Å². The number of urea groups is 1. The lowest BCUT2D eigenvalue weighted by atomic mass is 10.3. The maximum Gasteiger partial charge on any atom is 0.405 e. The first-order valence-electron chi connectivity index (χ1n) is 4.50. The van der Waals surface area contributed by atoms with Gasteiger partial charge in [-0.25, -0.2) is 9.59 Å². The number of amides is 2. The average molecular weight is 240 g/mol. The Kier molecular flexibility index (Phi) is 3.30. The van der Waals surface area contributed by atoms with E-state index in [0.717, 1.165) is 7.11 Å². The van der Waals surface area contributed by atoms with Gasteiger partial charge in [0.05, 0.1) is 7.11 Å². The zero-order valence-electron chi connectivity index (χ0n) is 8.48. The van der Waals surface area contributed by atoms with Gasteiger partial charge in [0, 0.05) is 0 Å². The average Bonchev–Trinajstić information content (AvgIpc) is 2.93. The molecule has 0 aromatic rings. The van der Waals surface area contributed by atoms with Crippen molar-refractivity contribution in [3.63, 3.8) is 0 Å². The SMILES string of the molecule is COC(=O)C1(NC(=O)NCC(F)(F)F)CC1. The molecule has 5 nitrogen and oxygen atoms in total. The number of rotatable bonds is 3. The van der Waals surface area contributed by atoms with Crippen molar-refractivity contribution in [2.24, 2.45) is 0 Å². The molecule has 2 N–H and O–H groups in total. The van der Waals surface area contributed by atoms with Crippen molar-refractivity contribution >= 4 is 12.0 Å². The van der Waals surface area contributed by atoms with Crippen LogP contribution in [0.25, 0.3) is 0 Å². The molecular formula is C8H11F3N2O3. The highest BCUT2D eigenvalue weighted by molar-refractivity contribution is 5.90. The number of esters is 1. The fraction of sp³-hybridized carbons (Fsp3) is 0.750. The number of hydrogen-bond acceptors (Lipinski definition) is 3. The van der Waals surface area contributed by atoms with E-state index in [1.54, 1.807) is 5.32 Å². The Morgan fingerprint density at radius 1 is 1.38 bits per heavy atom. The van der Waals surface area contributed by atoms with E-state index in [1.807, 2.05) is 0 Å². The Balaban J connectivity index is 2.38. The molecule has 0 aromatic heterocycles. The summed E-state index contributed by atoms with van der Waals surface area (Å²) in [5.41, 5.74) is -1.13. The van der Waals surface area contributed by atoms with Gasteiger partial charge in [-0.15, -0.1) is 0 Å². The quantitative estimate of drug-likeness (QED) is 0.708. The van der Waals surface area contributed by atoms with E-state index in [1.165, 1.54) is 0 Å². The minimum Gasteiger partial charge on any atom is -0.467 e. The standard InChI is InChI=1S/C8H11F3N2O3/c1-16-5(14)7(2-3-7)13-6(15)12-4-8(9,10)11/h2-4H2,1H3,(H2,12,13,15). The van der Waals surface area contributed by atoms with E-state index < -0.39 is 30.3 Å². The summed E-state index contributed by atoms with van der Waals surface area (Å²) in [7, 11) is 1.15. The van der Waals surface area contributed by atoms with Crippen LogP contribution >= 0.6 is 0 Å². The Labute approximate surface area is 89.3 Å². The number of alkyl halides is 3. The van der Waals surface area contributed by atoms with Crippen molar-refractivity contribution in [2.75, 3.05) is 13.7 Å². The highest BCUT2D eigenvalue weighted by Crippen LogP contribution is 2.36. The molecule has 92 valence electrons. The van der Waals surface area contributed by atoms with Gasteiger partial charge in [-0.2, -0.15) is 13.2 Å². The van der Waals surface area contributed by atoms with E-state index in [9.17, 15) is 22.8 Å². The van der Waals surface area contributed by atoms with Gasteiger partial charge in [0.2, 0.25) is 0 Å². The summed E-state index contributed by atoms with van der Waals surface area (Å²) in [5.74, 6) is -0.644. The zero-order chi connectivity index (χ0) is 12.4. The second kappa shape index (κ2) is 4.18. The maximum absolute atomic E-state index is 11.8. The van der Waals surface area contributed by atoms with Crippen molar-refractivity contribution < 1.29 is 27.5 Å². The third kappa shape index (κ3) is 3.28. The molecule has 0 aromatic carbocycles. The second-order valence-corrected chi connectivity index (χ2v) is 3.50. The van der Waals surface area contributed by atoms with Gasteiger partial charge in [0.15, 0.2) is 0 Å². The van der Waals surface area contributed by atoms with E-state index >= 15 is 0 Å². The van der Waals surface area contributed by atoms with Crippen LogP contribution < -0.4 is 10.6 Å². The fourth-order valence-corrected chi connectivity index (χ4v) is 1.14. The Hall–Kier alpha value is -1.47. The van der Waals surface area contributed by atoms with E-state index in [4.69, 9.17) is 0 Å². The van der Waals surface area contributed by atoms with Gasteiger partial charge in [-0.1, -0.05) is 0 Å². The third-order valence-corrected chi connectivity index (χ3v) is 2.13. The summed E-state index contributed by atoms with van der Waals surface area (Å²) in [6.45, 7) is -1.43. The smallest absolute Gasteiger partial charge is 0.405 e. The Morgan fingerprint density at radius 2 is 1.94 bits per heavy atom. The number of halogens is 3. The minimum absolute atomic E-state index is 0.374. The third-order valence-electron chi connectivity index (χ3n) is 2.13. The molecule has 0 bridgehead atoms. The molecule has 0 atom stereocenters. The molecule has 1 aliphatic rings. The highest BCUT2D eigenvalue weighted by atomic mass is 19.4. The first kappa shape index (κ1) is 12.6. The predicted octanol–water partition coefficient (Wildman–Crippen LogP) is 0.553. The molecule has 0 radical (unpaired) electrons. The molecule has 1 fully saturated rings. The molecule has 2 amide bonds. The van der Waals surface area contributed by atoms with Crippen molar-refractivity contribution in [1.82, 2.24) is 10.6 Å². The number of hydrogen-bond donors (Lipinski definition) is 2. The Bertz CT molecular complexity index is 299. The van der Waals surface area contributed by atoms with Crippen molar-refractivity contribution in [2.45, 2.75) is 24.6 Å². The van der Waals surface area contributed by atoms with E-state index in [2.05, 4.69) is 10.1 Å². The lowest BCUT2D eigenvalue weighted by Crippen LogP contribution is -2.50. The number of nitrogens with one attached hydrogen (secondary N) is 2. The first-order chi connectivity index (χ1) is 7.29. The van der Waals surface area contributed by atoms with E-state index in [-0.39, 0.29) is 0 Å². The molecule has 16 heavy (non-hydrogen) atoms. The number of ether oxygens (including phenoxy) is 1. The molecule has 1 saturated carbocycles. The summed E-state index contributed by atoms with van der Waals surface area (Å²) in [4.78, 5) is 22.2. The molecular weight excluding hydrogens is 229 g/mol. The first-order valence-corrected chi connectivity index (χ1v) is 4.50. The lowest BCUT2D eigenvalue weighted by Gasteiger charge is -2.15. The van der Waals surface area contributed by atoms with E-state index in [0.29, 0.717) is 12.8 Å². The van der Waals surface area contributed by atoms with Crippen LogP contribution in [-0.2, 0) is 9.53 Å².